The molecule has 0 aromatic heterocycles. The number of ether oxygens (including phenoxy) is 1. The zero-order chi connectivity index (χ0) is 15.2. The summed E-state index contributed by atoms with van der Waals surface area (Å²) in [4.78, 5) is 12.6. The topological polar surface area (TPSA) is 64.3 Å². The second kappa shape index (κ2) is 7.46. The van der Waals surface area contributed by atoms with Crippen LogP contribution in [0, 0.1) is 0 Å². The molecular formula is C17H26N2O2. The lowest BCUT2D eigenvalue weighted by Crippen LogP contribution is -2.41. The number of carbonyl (C=O) groups is 1. The van der Waals surface area contributed by atoms with Crippen molar-refractivity contribution in [2.75, 3.05) is 12.3 Å². The van der Waals surface area contributed by atoms with Gasteiger partial charge in [-0.15, -0.1) is 0 Å². The van der Waals surface area contributed by atoms with Crippen molar-refractivity contribution in [3.8, 4) is 5.75 Å². The van der Waals surface area contributed by atoms with Crippen molar-refractivity contribution in [1.29, 1.82) is 0 Å². The summed E-state index contributed by atoms with van der Waals surface area (Å²) in [5.74, 6) is 0.769. The Bertz CT molecular complexity index is 482. The van der Waals surface area contributed by atoms with E-state index >= 15 is 0 Å². The van der Waals surface area contributed by atoms with Gasteiger partial charge in [0.1, 0.15) is 5.75 Å². The number of nitrogen functional groups attached to an aromatic ring is 1. The maximum absolute atomic E-state index is 12.6. The third kappa shape index (κ3) is 3.97. The predicted molar refractivity (Wildman–Crippen MR) is 85.8 cm³/mol. The Morgan fingerprint density at radius 1 is 1.38 bits per heavy atom. The number of benzene rings is 1. The van der Waals surface area contributed by atoms with Crippen molar-refractivity contribution >= 4 is 11.5 Å². The van der Waals surface area contributed by atoms with Crippen LogP contribution in [-0.4, -0.2) is 24.5 Å². The summed E-state index contributed by atoms with van der Waals surface area (Å²) < 4.78 is 5.41. The standard InChI is InChI=1S/C17H26N2O2/c1-3-15(19-13-7-5-6-8-13)17(20)12-9-10-16(21-4-2)14(18)11-12/h9-11,13,15,19H,3-8,18H2,1-2H3. The van der Waals surface area contributed by atoms with Gasteiger partial charge in [-0.2, -0.15) is 0 Å². The van der Waals surface area contributed by atoms with Gasteiger partial charge < -0.3 is 15.8 Å². The lowest BCUT2D eigenvalue weighted by atomic mass is 10.00. The molecule has 21 heavy (non-hydrogen) atoms. The highest BCUT2D eigenvalue weighted by atomic mass is 16.5. The van der Waals surface area contributed by atoms with Crippen molar-refractivity contribution in [3.05, 3.63) is 23.8 Å². The first-order valence-electron chi connectivity index (χ1n) is 7.98. The maximum Gasteiger partial charge on any atom is 0.179 e. The smallest absolute Gasteiger partial charge is 0.179 e. The fourth-order valence-electron chi connectivity index (χ4n) is 2.95. The van der Waals surface area contributed by atoms with E-state index in [2.05, 4.69) is 5.32 Å². The monoisotopic (exact) mass is 290 g/mol. The van der Waals surface area contributed by atoms with E-state index in [-0.39, 0.29) is 11.8 Å². The third-order valence-electron chi connectivity index (χ3n) is 4.11. The van der Waals surface area contributed by atoms with E-state index in [1.165, 1.54) is 25.7 Å². The summed E-state index contributed by atoms with van der Waals surface area (Å²) in [6.45, 7) is 4.53. The molecule has 0 aliphatic heterocycles. The van der Waals surface area contributed by atoms with Gasteiger partial charge in [-0.25, -0.2) is 0 Å². The second-order valence-electron chi connectivity index (χ2n) is 5.66. The Kier molecular flexibility index (Phi) is 5.62. The Labute approximate surface area is 127 Å². The molecule has 1 fully saturated rings. The largest absolute Gasteiger partial charge is 0.492 e. The highest BCUT2D eigenvalue weighted by Gasteiger charge is 2.24. The summed E-state index contributed by atoms with van der Waals surface area (Å²) in [6.07, 6.45) is 5.67. The first-order chi connectivity index (χ1) is 10.2. The van der Waals surface area contributed by atoms with Gasteiger partial charge in [0.2, 0.25) is 0 Å². The lowest BCUT2D eigenvalue weighted by molar-refractivity contribution is 0.0933. The van der Waals surface area contributed by atoms with E-state index < -0.39 is 0 Å². The van der Waals surface area contributed by atoms with Gasteiger partial charge in [-0.3, -0.25) is 4.79 Å². The van der Waals surface area contributed by atoms with Crippen LogP contribution in [0.3, 0.4) is 0 Å². The zero-order valence-corrected chi connectivity index (χ0v) is 13.0. The molecule has 2 rings (SSSR count). The molecule has 1 saturated carbocycles. The summed E-state index contributed by atoms with van der Waals surface area (Å²) >= 11 is 0. The summed E-state index contributed by atoms with van der Waals surface area (Å²) in [7, 11) is 0. The average Bonchev–Trinajstić information content (AvgIpc) is 2.99. The van der Waals surface area contributed by atoms with E-state index in [4.69, 9.17) is 10.5 Å². The van der Waals surface area contributed by atoms with Gasteiger partial charge in [0.05, 0.1) is 18.3 Å². The fourth-order valence-corrected chi connectivity index (χ4v) is 2.95. The molecule has 0 radical (unpaired) electrons. The molecule has 1 aromatic rings. The molecule has 3 N–H and O–H groups in total. The minimum absolute atomic E-state index is 0.120. The van der Waals surface area contributed by atoms with Crippen LogP contribution >= 0.6 is 0 Å². The van der Waals surface area contributed by atoms with Crippen molar-refractivity contribution in [2.24, 2.45) is 0 Å². The quantitative estimate of drug-likeness (QED) is 0.598. The zero-order valence-electron chi connectivity index (χ0n) is 13.0. The van der Waals surface area contributed by atoms with Crippen LogP contribution in [0.1, 0.15) is 56.3 Å². The number of Topliss-reactive ketones (excluding diaryl/α,β-unsaturated/α-hetero) is 1. The molecule has 116 valence electrons. The van der Waals surface area contributed by atoms with Gasteiger partial charge >= 0.3 is 0 Å². The minimum atomic E-state index is -0.120. The Morgan fingerprint density at radius 2 is 2.10 bits per heavy atom. The number of hydrogen-bond acceptors (Lipinski definition) is 4. The van der Waals surface area contributed by atoms with Crippen molar-refractivity contribution in [1.82, 2.24) is 5.32 Å². The third-order valence-corrected chi connectivity index (χ3v) is 4.11. The fraction of sp³-hybridized carbons (Fsp3) is 0.588. The molecule has 1 aromatic carbocycles. The molecule has 1 atom stereocenters. The van der Waals surface area contributed by atoms with E-state index in [1.54, 1.807) is 12.1 Å². The molecule has 1 unspecified atom stereocenters. The Balaban J connectivity index is 2.07. The van der Waals surface area contributed by atoms with Crippen LogP contribution in [0.5, 0.6) is 5.75 Å². The Hall–Kier alpha value is -1.55. The SMILES string of the molecule is CCOc1ccc(C(=O)C(CC)NC2CCCC2)cc1N. The van der Waals surface area contributed by atoms with Crippen LogP contribution in [0.4, 0.5) is 5.69 Å². The highest BCUT2D eigenvalue weighted by Crippen LogP contribution is 2.24. The van der Waals surface area contributed by atoms with Crippen LogP contribution < -0.4 is 15.8 Å². The number of nitrogens with one attached hydrogen (secondary N) is 1. The number of carbonyl (C=O) groups excluding carboxylic acids is 1. The van der Waals surface area contributed by atoms with E-state index in [0.29, 0.717) is 29.6 Å². The molecule has 1 aliphatic rings. The summed E-state index contributed by atoms with van der Waals surface area (Å²) in [5.41, 5.74) is 7.14. The molecule has 0 bridgehead atoms. The maximum atomic E-state index is 12.6. The minimum Gasteiger partial charge on any atom is -0.492 e. The van der Waals surface area contributed by atoms with Gasteiger partial charge in [-0.1, -0.05) is 19.8 Å². The van der Waals surface area contributed by atoms with Crippen LogP contribution in [0.15, 0.2) is 18.2 Å². The second-order valence-corrected chi connectivity index (χ2v) is 5.66. The van der Waals surface area contributed by atoms with Gasteiger partial charge in [0, 0.05) is 11.6 Å². The average molecular weight is 290 g/mol. The first kappa shape index (κ1) is 15.8. The molecule has 0 spiro atoms. The van der Waals surface area contributed by atoms with Crippen molar-refractivity contribution < 1.29 is 9.53 Å². The van der Waals surface area contributed by atoms with Crippen molar-refractivity contribution in [2.45, 2.75) is 58.0 Å². The number of ketones is 1. The number of hydrogen-bond donors (Lipinski definition) is 2. The molecule has 0 saturated heterocycles. The summed E-state index contributed by atoms with van der Waals surface area (Å²) in [6, 6.07) is 5.69. The molecular weight excluding hydrogens is 264 g/mol. The van der Waals surface area contributed by atoms with E-state index in [1.807, 2.05) is 19.9 Å². The predicted octanol–water partition coefficient (Wildman–Crippen LogP) is 3.16. The molecule has 0 heterocycles. The number of nitrogens with two attached hydrogens (primary N) is 1. The van der Waals surface area contributed by atoms with E-state index in [9.17, 15) is 4.79 Å². The lowest BCUT2D eigenvalue weighted by Gasteiger charge is -2.21. The molecule has 4 heteroatoms. The van der Waals surface area contributed by atoms with Gasteiger partial charge in [0.15, 0.2) is 5.78 Å². The van der Waals surface area contributed by atoms with Crippen LogP contribution in [-0.2, 0) is 0 Å². The van der Waals surface area contributed by atoms with Crippen molar-refractivity contribution in [3.63, 3.8) is 0 Å². The van der Waals surface area contributed by atoms with Crippen LogP contribution in [0.25, 0.3) is 0 Å². The van der Waals surface area contributed by atoms with Gasteiger partial charge in [0.25, 0.3) is 0 Å². The first-order valence-corrected chi connectivity index (χ1v) is 7.98. The molecule has 0 amide bonds. The molecule has 1 aliphatic carbocycles. The van der Waals surface area contributed by atoms with E-state index in [0.717, 1.165) is 6.42 Å². The number of anilines is 1. The Morgan fingerprint density at radius 3 is 2.67 bits per heavy atom. The highest BCUT2D eigenvalue weighted by molar-refractivity contribution is 6.01. The normalized spacial score (nSPS) is 16.9. The van der Waals surface area contributed by atoms with Crippen LogP contribution in [0.2, 0.25) is 0 Å². The van der Waals surface area contributed by atoms with Gasteiger partial charge in [-0.05, 0) is 44.4 Å². The number of rotatable bonds is 7. The summed E-state index contributed by atoms with van der Waals surface area (Å²) in [5, 5.41) is 3.50. The molecule has 4 nitrogen and oxygen atoms in total.